The molecule has 0 fully saturated rings. The second kappa shape index (κ2) is 7.18. The van der Waals surface area contributed by atoms with Crippen LogP contribution in [0.4, 0.5) is 31.7 Å². The molecular weight excluding hydrogens is 384 g/mol. The number of aromatic amines is 1. The molecule has 0 bridgehead atoms. The number of halogens is 3. The third-order valence-electron chi connectivity index (χ3n) is 3.98. The lowest BCUT2D eigenvalue weighted by Gasteiger charge is -2.11. The predicted molar refractivity (Wildman–Crippen MR) is 105 cm³/mol. The van der Waals surface area contributed by atoms with Crippen LogP contribution < -0.4 is 10.6 Å². The average molecular weight is 396 g/mol. The third kappa shape index (κ3) is 3.72. The van der Waals surface area contributed by atoms with E-state index >= 15 is 0 Å². The number of pyridine rings is 1. The van der Waals surface area contributed by atoms with Crippen LogP contribution in [0.1, 0.15) is 5.69 Å². The first kappa shape index (κ1) is 17.8. The fraction of sp³-hybridized carbons (Fsp3) is 0. The van der Waals surface area contributed by atoms with Crippen molar-refractivity contribution in [3.63, 3.8) is 0 Å². The molecule has 8 heteroatoms. The van der Waals surface area contributed by atoms with Gasteiger partial charge in [-0.3, -0.25) is 0 Å². The molecule has 2 aromatic heterocycles. The fourth-order valence-electron chi connectivity index (χ4n) is 2.86. The Hall–Kier alpha value is -3.63. The molecule has 0 amide bonds. The molecule has 0 saturated heterocycles. The van der Waals surface area contributed by atoms with E-state index in [0.717, 1.165) is 29.1 Å². The average Bonchev–Trinajstić information content (AvgIpc) is 3.09. The summed E-state index contributed by atoms with van der Waals surface area (Å²) in [5, 5.41) is 16.7. The molecule has 138 valence electrons. The Labute approximate surface area is 163 Å². The van der Waals surface area contributed by atoms with E-state index in [1.54, 1.807) is 18.3 Å². The zero-order valence-corrected chi connectivity index (χ0v) is 15.0. The highest BCUT2D eigenvalue weighted by molar-refractivity contribution is 6.35. The largest absolute Gasteiger partial charge is 0.361 e. The van der Waals surface area contributed by atoms with Crippen LogP contribution in [0, 0.1) is 23.0 Å². The van der Waals surface area contributed by atoms with Gasteiger partial charge >= 0.3 is 0 Å². The third-order valence-corrected chi connectivity index (χ3v) is 4.29. The standard InChI is InChI=1S/C20H12ClF2N5/c21-18-7-15(8-19-17(18)1-2-25-19)27-20-9-14(6-16(10-24)28-20)26-13-4-11(22)3-12(23)5-13/h1-9,25H,(H2,26,27,28). The fourth-order valence-corrected chi connectivity index (χ4v) is 3.14. The Bertz CT molecular complexity index is 1210. The van der Waals surface area contributed by atoms with Gasteiger partial charge in [0.1, 0.15) is 29.2 Å². The number of hydrogen-bond acceptors (Lipinski definition) is 4. The number of rotatable bonds is 4. The Morgan fingerprint density at radius 3 is 2.39 bits per heavy atom. The molecule has 2 aromatic carbocycles. The summed E-state index contributed by atoms with van der Waals surface area (Å²) in [4.78, 5) is 7.29. The summed E-state index contributed by atoms with van der Waals surface area (Å²) in [5.74, 6) is -1.03. The van der Waals surface area contributed by atoms with Crippen LogP contribution in [0.3, 0.4) is 0 Å². The molecule has 0 aliphatic carbocycles. The molecule has 3 N–H and O–H groups in total. The minimum Gasteiger partial charge on any atom is -0.361 e. The van der Waals surface area contributed by atoms with Gasteiger partial charge in [-0.2, -0.15) is 5.26 Å². The van der Waals surface area contributed by atoms with Gasteiger partial charge in [-0.15, -0.1) is 0 Å². The van der Waals surface area contributed by atoms with Gasteiger partial charge in [-0.1, -0.05) is 11.6 Å². The summed E-state index contributed by atoms with van der Waals surface area (Å²) in [6, 6.07) is 13.6. The van der Waals surface area contributed by atoms with E-state index in [0.29, 0.717) is 22.2 Å². The molecule has 0 radical (unpaired) electrons. The van der Waals surface area contributed by atoms with Crippen LogP contribution in [0.15, 0.2) is 54.7 Å². The molecule has 0 saturated carbocycles. The first-order chi connectivity index (χ1) is 13.5. The highest BCUT2D eigenvalue weighted by atomic mass is 35.5. The van der Waals surface area contributed by atoms with E-state index in [9.17, 15) is 14.0 Å². The summed E-state index contributed by atoms with van der Waals surface area (Å²) in [6.07, 6.45) is 1.79. The van der Waals surface area contributed by atoms with Crippen LogP contribution in [-0.4, -0.2) is 9.97 Å². The zero-order valence-electron chi connectivity index (χ0n) is 14.2. The van der Waals surface area contributed by atoms with E-state index in [-0.39, 0.29) is 11.4 Å². The van der Waals surface area contributed by atoms with E-state index in [1.807, 2.05) is 18.2 Å². The van der Waals surface area contributed by atoms with Crippen LogP contribution in [0.25, 0.3) is 10.9 Å². The number of hydrogen-bond donors (Lipinski definition) is 3. The second-order valence-corrected chi connectivity index (χ2v) is 6.45. The smallest absolute Gasteiger partial charge is 0.144 e. The second-order valence-electron chi connectivity index (χ2n) is 6.04. The molecule has 2 heterocycles. The number of anilines is 4. The van der Waals surface area contributed by atoms with Crippen LogP contribution in [0.2, 0.25) is 5.02 Å². The van der Waals surface area contributed by atoms with E-state index in [2.05, 4.69) is 20.6 Å². The number of H-pyrrole nitrogens is 1. The van der Waals surface area contributed by atoms with Crippen LogP contribution in [-0.2, 0) is 0 Å². The van der Waals surface area contributed by atoms with Crippen molar-refractivity contribution < 1.29 is 8.78 Å². The molecule has 4 rings (SSSR count). The Balaban J connectivity index is 1.67. The van der Waals surface area contributed by atoms with E-state index in [1.165, 1.54) is 6.07 Å². The van der Waals surface area contributed by atoms with Gasteiger partial charge in [0.05, 0.1) is 5.02 Å². The lowest BCUT2D eigenvalue weighted by molar-refractivity contribution is 0.584. The number of nitriles is 1. The number of aromatic nitrogens is 2. The highest BCUT2D eigenvalue weighted by Crippen LogP contribution is 2.29. The van der Waals surface area contributed by atoms with Crippen molar-refractivity contribution in [1.82, 2.24) is 9.97 Å². The van der Waals surface area contributed by atoms with Gasteiger partial charge in [-0.25, -0.2) is 13.8 Å². The topological polar surface area (TPSA) is 76.5 Å². The molecule has 5 nitrogen and oxygen atoms in total. The maximum absolute atomic E-state index is 13.4. The monoisotopic (exact) mass is 395 g/mol. The van der Waals surface area contributed by atoms with Crippen LogP contribution >= 0.6 is 11.6 Å². The van der Waals surface area contributed by atoms with E-state index < -0.39 is 11.6 Å². The first-order valence-corrected chi connectivity index (χ1v) is 8.57. The van der Waals surface area contributed by atoms with Gasteiger partial charge in [-0.05, 0) is 36.4 Å². The molecule has 4 aromatic rings. The normalized spacial score (nSPS) is 10.6. The molecule has 0 atom stereocenters. The summed E-state index contributed by atoms with van der Waals surface area (Å²) >= 11 is 6.28. The summed E-state index contributed by atoms with van der Waals surface area (Å²) in [7, 11) is 0. The SMILES string of the molecule is N#Cc1cc(Nc2cc(F)cc(F)c2)cc(Nc2cc(Cl)c3cc[nH]c3c2)n1. The molecular formula is C20H12ClF2N5. The van der Waals surface area contributed by atoms with Gasteiger partial charge in [0.15, 0.2) is 0 Å². The van der Waals surface area contributed by atoms with E-state index in [4.69, 9.17) is 11.6 Å². The van der Waals surface area contributed by atoms with Crippen LogP contribution in [0.5, 0.6) is 0 Å². The Morgan fingerprint density at radius 2 is 1.64 bits per heavy atom. The van der Waals surface area contributed by atoms with Gasteiger partial charge in [0.2, 0.25) is 0 Å². The number of fused-ring (bicyclic) bond motifs is 1. The van der Waals surface area contributed by atoms with Gasteiger partial charge < -0.3 is 15.6 Å². The molecule has 0 unspecified atom stereocenters. The highest BCUT2D eigenvalue weighted by Gasteiger charge is 2.08. The predicted octanol–water partition coefficient (Wildman–Crippen LogP) is 5.85. The van der Waals surface area contributed by atoms with Crippen molar-refractivity contribution in [1.29, 1.82) is 5.26 Å². The minimum absolute atomic E-state index is 0.136. The first-order valence-electron chi connectivity index (χ1n) is 8.19. The molecule has 28 heavy (non-hydrogen) atoms. The quantitative estimate of drug-likeness (QED) is 0.405. The minimum atomic E-state index is -0.704. The van der Waals surface area contributed by atoms with Gasteiger partial charge in [0.25, 0.3) is 0 Å². The summed E-state index contributed by atoms with van der Waals surface area (Å²) < 4.78 is 26.8. The van der Waals surface area contributed by atoms with Crippen molar-refractivity contribution in [2.75, 3.05) is 10.6 Å². The molecule has 0 aliphatic heterocycles. The maximum atomic E-state index is 13.4. The number of nitrogens with one attached hydrogen (secondary N) is 3. The lowest BCUT2D eigenvalue weighted by Crippen LogP contribution is -1.99. The zero-order chi connectivity index (χ0) is 19.7. The lowest BCUT2D eigenvalue weighted by atomic mass is 10.2. The molecule has 0 aliphatic rings. The maximum Gasteiger partial charge on any atom is 0.144 e. The van der Waals surface area contributed by atoms with Crippen molar-refractivity contribution >= 4 is 45.4 Å². The van der Waals surface area contributed by atoms with Crippen molar-refractivity contribution in [3.8, 4) is 6.07 Å². The summed E-state index contributed by atoms with van der Waals surface area (Å²) in [6.45, 7) is 0. The van der Waals surface area contributed by atoms with Crippen molar-refractivity contribution in [3.05, 3.63) is 77.1 Å². The Morgan fingerprint density at radius 1 is 0.929 bits per heavy atom. The van der Waals surface area contributed by atoms with Crippen molar-refractivity contribution in [2.45, 2.75) is 0 Å². The Kier molecular flexibility index (Phi) is 4.55. The summed E-state index contributed by atoms with van der Waals surface area (Å²) in [5.41, 5.74) is 2.32. The van der Waals surface area contributed by atoms with Gasteiger partial charge in [0, 0.05) is 46.3 Å². The molecule has 0 spiro atoms. The number of benzene rings is 2. The van der Waals surface area contributed by atoms with Crippen molar-refractivity contribution in [2.24, 2.45) is 0 Å². The number of nitrogens with zero attached hydrogens (tertiary/aromatic N) is 2.